The van der Waals surface area contributed by atoms with Gasteiger partial charge in [0.25, 0.3) is 0 Å². The van der Waals surface area contributed by atoms with Crippen molar-refractivity contribution in [2.75, 3.05) is 13.6 Å². The van der Waals surface area contributed by atoms with Crippen LogP contribution in [0.15, 0.2) is 72.0 Å². The van der Waals surface area contributed by atoms with Gasteiger partial charge < -0.3 is 15.4 Å². The van der Waals surface area contributed by atoms with E-state index in [0.29, 0.717) is 19.0 Å². The fourth-order valence-electron chi connectivity index (χ4n) is 2.63. The van der Waals surface area contributed by atoms with E-state index in [4.69, 9.17) is 4.74 Å². The summed E-state index contributed by atoms with van der Waals surface area (Å²) in [6.07, 6.45) is 3.44. The maximum Gasteiger partial charge on any atom is 0.191 e. The second-order valence-corrected chi connectivity index (χ2v) is 6.28. The van der Waals surface area contributed by atoms with Gasteiger partial charge in [0.1, 0.15) is 6.10 Å². The van der Waals surface area contributed by atoms with E-state index in [1.165, 1.54) is 6.07 Å². The Kier molecular flexibility index (Phi) is 8.91. The Hall–Kier alpha value is -2.62. The van der Waals surface area contributed by atoms with Crippen molar-refractivity contribution in [2.45, 2.75) is 19.6 Å². The number of rotatable bonds is 7. The molecule has 3 aromatic rings. The highest BCUT2D eigenvalue weighted by atomic mass is 127. The molecule has 1 unspecified atom stereocenters. The first-order chi connectivity index (χ1) is 13.7. The van der Waals surface area contributed by atoms with Gasteiger partial charge in [-0.15, -0.1) is 24.0 Å². The number of hydrogen-bond donors (Lipinski definition) is 2. The maximum atomic E-state index is 13.7. The molecule has 2 aromatic carbocycles. The first-order valence-corrected chi connectivity index (χ1v) is 9.10. The normalized spacial score (nSPS) is 12.0. The number of benzene rings is 2. The lowest BCUT2D eigenvalue weighted by Crippen LogP contribution is -2.41. The number of ether oxygens (including phenoxy) is 1. The topological polar surface area (TPSA) is 63.5 Å². The van der Waals surface area contributed by atoms with Gasteiger partial charge in [0, 0.05) is 26.0 Å². The third kappa shape index (κ3) is 6.74. The van der Waals surface area contributed by atoms with Crippen molar-refractivity contribution >= 4 is 29.9 Å². The number of para-hydroxylation sites is 1. The van der Waals surface area contributed by atoms with Crippen LogP contribution >= 0.6 is 24.0 Å². The van der Waals surface area contributed by atoms with E-state index < -0.39 is 0 Å². The van der Waals surface area contributed by atoms with E-state index in [2.05, 4.69) is 20.7 Å². The van der Waals surface area contributed by atoms with Gasteiger partial charge in [-0.25, -0.2) is 9.07 Å². The number of aliphatic imine (C=N–C) groups is 1. The Bertz CT molecular complexity index is 900. The first kappa shape index (κ1) is 22.7. The van der Waals surface area contributed by atoms with Gasteiger partial charge in [-0.3, -0.25) is 4.99 Å². The summed E-state index contributed by atoms with van der Waals surface area (Å²) in [5, 5.41) is 10.7. The predicted octanol–water partition coefficient (Wildman–Crippen LogP) is 3.76. The Morgan fingerprint density at radius 2 is 1.90 bits per heavy atom. The second-order valence-electron chi connectivity index (χ2n) is 6.28. The minimum Gasteiger partial charge on any atom is -0.486 e. The molecule has 1 heterocycles. The molecule has 3 rings (SSSR count). The summed E-state index contributed by atoms with van der Waals surface area (Å²) >= 11 is 0. The van der Waals surface area contributed by atoms with E-state index in [-0.39, 0.29) is 41.6 Å². The third-order valence-electron chi connectivity index (χ3n) is 4.11. The zero-order valence-corrected chi connectivity index (χ0v) is 18.7. The summed E-state index contributed by atoms with van der Waals surface area (Å²) in [5.41, 5.74) is 2.13. The van der Waals surface area contributed by atoms with Crippen molar-refractivity contribution in [3.63, 3.8) is 0 Å². The molecular weight excluding hydrogens is 484 g/mol. The molecule has 0 fully saturated rings. The molecule has 29 heavy (non-hydrogen) atoms. The average molecular weight is 509 g/mol. The number of nitrogens with zero attached hydrogens (tertiary/aromatic N) is 3. The Morgan fingerprint density at radius 3 is 2.55 bits per heavy atom. The minimum absolute atomic E-state index is 0. The minimum atomic E-state index is -0.365. The van der Waals surface area contributed by atoms with Gasteiger partial charge in [-0.2, -0.15) is 5.10 Å². The van der Waals surface area contributed by atoms with Crippen LogP contribution < -0.4 is 15.4 Å². The first-order valence-electron chi connectivity index (χ1n) is 9.10. The molecular formula is C21H25FIN5O. The van der Waals surface area contributed by atoms with Crippen molar-refractivity contribution in [1.82, 2.24) is 20.4 Å². The van der Waals surface area contributed by atoms with Crippen LogP contribution in [0.2, 0.25) is 0 Å². The third-order valence-corrected chi connectivity index (χ3v) is 4.11. The van der Waals surface area contributed by atoms with Gasteiger partial charge in [-0.05, 0) is 42.8 Å². The monoisotopic (exact) mass is 509 g/mol. The summed E-state index contributed by atoms with van der Waals surface area (Å²) in [6.45, 7) is 2.99. The van der Waals surface area contributed by atoms with Crippen LogP contribution in [0.1, 0.15) is 12.5 Å². The van der Waals surface area contributed by atoms with Crippen LogP contribution in [0.5, 0.6) is 5.75 Å². The van der Waals surface area contributed by atoms with Crippen molar-refractivity contribution in [2.24, 2.45) is 4.99 Å². The van der Waals surface area contributed by atoms with Crippen LogP contribution in [0.4, 0.5) is 4.39 Å². The second kappa shape index (κ2) is 11.4. The lowest BCUT2D eigenvalue weighted by atomic mass is 10.2. The molecule has 0 aliphatic rings. The van der Waals surface area contributed by atoms with Crippen LogP contribution in [0.25, 0.3) is 5.69 Å². The van der Waals surface area contributed by atoms with Crippen molar-refractivity contribution in [1.29, 1.82) is 0 Å². The highest BCUT2D eigenvalue weighted by Gasteiger charge is 2.09. The van der Waals surface area contributed by atoms with Crippen LogP contribution in [0, 0.1) is 5.82 Å². The molecule has 0 saturated carbocycles. The molecule has 0 spiro atoms. The van der Waals surface area contributed by atoms with Gasteiger partial charge in [0.05, 0.1) is 12.2 Å². The van der Waals surface area contributed by atoms with Crippen LogP contribution in [-0.2, 0) is 6.54 Å². The van der Waals surface area contributed by atoms with E-state index in [0.717, 1.165) is 11.3 Å². The molecule has 0 amide bonds. The number of guanidine groups is 1. The quantitative estimate of drug-likeness (QED) is 0.289. The summed E-state index contributed by atoms with van der Waals surface area (Å²) in [4.78, 5) is 4.21. The number of nitrogens with one attached hydrogen (secondary N) is 2. The summed E-state index contributed by atoms with van der Waals surface area (Å²) in [6, 6.07) is 16.4. The van der Waals surface area contributed by atoms with E-state index in [1.54, 1.807) is 31.4 Å². The molecule has 0 radical (unpaired) electrons. The number of hydrogen-bond acceptors (Lipinski definition) is 3. The molecule has 8 heteroatoms. The summed E-state index contributed by atoms with van der Waals surface area (Å²) < 4.78 is 21.1. The van der Waals surface area contributed by atoms with Crippen LogP contribution in [0.3, 0.4) is 0 Å². The van der Waals surface area contributed by atoms with Crippen molar-refractivity contribution in [3.8, 4) is 11.4 Å². The number of aromatic nitrogens is 2. The standard InChI is InChI=1S/C21H24FN5O.HI/c1-16(28-20-7-4-3-6-19(20)22)14-24-21(23-2)25-15-17-8-10-18(11-9-17)27-13-5-12-26-27;/h3-13,16H,14-15H2,1-2H3,(H2,23,24,25);1H. The average Bonchev–Trinajstić information content (AvgIpc) is 3.25. The molecule has 154 valence electrons. The highest BCUT2D eigenvalue weighted by molar-refractivity contribution is 14.0. The van der Waals surface area contributed by atoms with Crippen molar-refractivity contribution in [3.05, 3.63) is 78.4 Å². The Balaban J connectivity index is 0.00000300. The SMILES string of the molecule is CN=C(NCc1ccc(-n2cccn2)cc1)NCC(C)Oc1ccccc1F.I. The smallest absolute Gasteiger partial charge is 0.191 e. The molecule has 0 saturated heterocycles. The summed E-state index contributed by atoms with van der Waals surface area (Å²) in [7, 11) is 1.71. The van der Waals surface area contributed by atoms with Gasteiger partial charge in [0.15, 0.2) is 17.5 Å². The van der Waals surface area contributed by atoms with Crippen LogP contribution in [-0.4, -0.2) is 35.4 Å². The molecule has 1 aromatic heterocycles. The molecule has 6 nitrogen and oxygen atoms in total. The Labute approximate surface area is 187 Å². The van der Waals surface area contributed by atoms with E-state index in [1.807, 2.05) is 48.1 Å². The van der Waals surface area contributed by atoms with E-state index >= 15 is 0 Å². The molecule has 1 atom stereocenters. The Morgan fingerprint density at radius 1 is 1.14 bits per heavy atom. The molecule has 0 aliphatic heterocycles. The zero-order valence-electron chi connectivity index (χ0n) is 16.4. The summed E-state index contributed by atoms with van der Waals surface area (Å²) in [5.74, 6) is 0.535. The fraction of sp³-hybridized carbons (Fsp3) is 0.238. The molecule has 0 bridgehead atoms. The fourth-order valence-corrected chi connectivity index (χ4v) is 2.63. The number of halogens is 2. The molecule has 0 aliphatic carbocycles. The zero-order chi connectivity index (χ0) is 19.8. The largest absolute Gasteiger partial charge is 0.486 e. The maximum absolute atomic E-state index is 13.7. The van der Waals surface area contributed by atoms with Gasteiger partial charge in [0.2, 0.25) is 0 Å². The van der Waals surface area contributed by atoms with Crippen molar-refractivity contribution < 1.29 is 9.13 Å². The van der Waals surface area contributed by atoms with E-state index in [9.17, 15) is 4.39 Å². The van der Waals surface area contributed by atoms with Gasteiger partial charge >= 0.3 is 0 Å². The highest BCUT2D eigenvalue weighted by Crippen LogP contribution is 2.16. The lowest BCUT2D eigenvalue weighted by molar-refractivity contribution is 0.214. The lowest BCUT2D eigenvalue weighted by Gasteiger charge is -2.18. The predicted molar refractivity (Wildman–Crippen MR) is 124 cm³/mol. The molecule has 2 N–H and O–H groups in total. The van der Waals surface area contributed by atoms with Gasteiger partial charge in [-0.1, -0.05) is 24.3 Å².